The van der Waals surface area contributed by atoms with Crippen molar-refractivity contribution >= 4 is 23.7 Å². The molecule has 5 heteroatoms. The summed E-state index contributed by atoms with van der Waals surface area (Å²) in [5.41, 5.74) is -1.47. The number of ether oxygens (including phenoxy) is 1. The summed E-state index contributed by atoms with van der Waals surface area (Å²) in [6.45, 7) is 9.42. The van der Waals surface area contributed by atoms with Crippen molar-refractivity contribution in [3.05, 3.63) is 0 Å². The average Bonchev–Trinajstić information content (AvgIpc) is 2.15. The van der Waals surface area contributed by atoms with Crippen molar-refractivity contribution in [3.8, 4) is 0 Å². The number of esters is 1. The molecule has 0 bridgehead atoms. The van der Waals surface area contributed by atoms with Crippen LogP contribution in [0, 0.1) is 11.3 Å². The summed E-state index contributed by atoms with van der Waals surface area (Å²) in [5, 5.41) is 9.38. The molecular formula is C12H22O4S. The van der Waals surface area contributed by atoms with Gasteiger partial charge in [0.15, 0.2) is 5.41 Å². The van der Waals surface area contributed by atoms with Crippen molar-refractivity contribution in [3.63, 3.8) is 0 Å². The van der Waals surface area contributed by atoms with E-state index in [0.29, 0.717) is 0 Å². The van der Waals surface area contributed by atoms with Crippen molar-refractivity contribution in [2.45, 2.75) is 39.4 Å². The molecule has 0 aliphatic carbocycles. The van der Waals surface area contributed by atoms with Crippen LogP contribution in [0.5, 0.6) is 0 Å². The third kappa shape index (κ3) is 3.91. The molecule has 1 N–H and O–H groups in total. The Bertz CT molecular complexity index is 293. The molecule has 0 heterocycles. The van der Waals surface area contributed by atoms with E-state index in [-0.39, 0.29) is 16.4 Å². The Balaban J connectivity index is 5.21. The van der Waals surface area contributed by atoms with E-state index in [9.17, 15) is 14.7 Å². The van der Waals surface area contributed by atoms with E-state index in [4.69, 9.17) is 0 Å². The SMILES string of the molecule is COC(=O)C(CSC(C)(C)C)(C(=O)O)C(C)C. The molecule has 100 valence electrons. The molecule has 0 radical (unpaired) electrons. The Morgan fingerprint density at radius 2 is 1.76 bits per heavy atom. The topological polar surface area (TPSA) is 63.6 Å². The highest BCUT2D eigenvalue weighted by atomic mass is 32.2. The van der Waals surface area contributed by atoms with Gasteiger partial charge in [0.25, 0.3) is 0 Å². The molecule has 0 aromatic rings. The molecular weight excluding hydrogens is 240 g/mol. The van der Waals surface area contributed by atoms with Gasteiger partial charge in [0.2, 0.25) is 0 Å². The second-order valence-corrected chi connectivity index (χ2v) is 7.13. The standard InChI is InChI=1S/C12H22O4S/c1-8(2)12(9(13)14,10(15)16-6)7-17-11(3,4)5/h8H,7H2,1-6H3,(H,13,14). The largest absolute Gasteiger partial charge is 0.480 e. The second kappa shape index (κ2) is 5.76. The highest BCUT2D eigenvalue weighted by Crippen LogP contribution is 2.37. The van der Waals surface area contributed by atoms with Gasteiger partial charge < -0.3 is 9.84 Å². The van der Waals surface area contributed by atoms with E-state index in [1.54, 1.807) is 13.8 Å². The highest BCUT2D eigenvalue weighted by molar-refractivity contribution is 8.00. The van der Waals surface area contributed by atoms with Crippen LogP contribution in [0.3, 0.4) is 0 Å². The maximum absolute atomic E-state index is 11.8. The normalized spacial score (nSPS) is 15.5. The summed E-state index contributed by atoms with van der Waals surface area (Å²) >= 11 is 1.46. The van der Waals surface area contributed by atoms with Crippen molar-refractivity contribution in [2.24, 2.45) is 11.3 Å². The maximum Gasteiger partial charge on any atom is 0.324 e. The molecule has 0 fully saturated rings. The zero-order valence-electron chi connectivity index (χ0n) is 11.4. The number of hydrogen-bond acceptors (Lipinski definition) is 4. The van der Waals surface area contributed by atoms with Gasteiger partial charge in [-0.15, -0.1) is 0 Å². The second-order valence-electron chi connectivity index (χ2n) is 5.32. The van der Waals surface area contributed by atoms with Gasteiger partial charge in [0.05, 0.1) is 7.11 Å². The zero-order chi connectivity index (χ0) is 13.9. The van der Waals surface area contributed by atoms with Crippen LogP contribution in [0.1, 0.15) is 34.6 Å². The first-order valence-corrected chi connectivity index (χ1v) is 6.52. The molecule has 0 spiro atoms. The Labute approximate surface area is 107 Å². The third-order valence-electron chi connectivity index (χ3n) is 2.65. The molecule has 4 nitrogen and oxygen atoms in total. The molecule has 1 atom stereocenters. The molecule has 0 saturated carbocycles. The number of hydrogen-bond donors (Lipinski definition) is 1. The van der Waals surface area contributed by atoms with Gasteiger partial charge in [-0.1, -0.05) is 34.6 Å². The van der Waals surface area contributed by atoms with Crippen molar-refractivity contribution < 1.29 is 19.4 Å². The van der Waals surface area contributed by atoms with Gasteiger partial charge in [-0.3, -0.25) is 9.59 Å². The summed E-state index contributed by atoms with van der Waals surface area (Å²) < 4.78 is 4.58. The van der Waals surface area contributed by atoms with Crippen LogP contribution in [0.2, 0.25) is 0 Å². The number of carboxylic acid groups (broad SMARTS) is 1. The summed E-state index contributed by atoms with van der Waals surface area (Å²) in [6.07, 6.45) is 0. The average molecular weight is 262 g/mol. The summed E-state index contributed by atoms with van der Waals surface area (Å²) in [4.78, 5) is 23.3. The number of methoxy groups -OCH3 is 1. The molecule has 0 aliphatic heterocycles. The maximum atomic E-state index is 11.8. The minimum atomic E-state index is -1.47. The quantitative estimate of drug-likeness (QED) is 0.609. The Morgan fingerprint density at radius 1 is 1.29 bits per heavy atom. The Kier molecular flexibility index (Phi) is 5.52. The van der Waals surface area contributed by atoms with E-state index < -0.39 is 17.4 Å². The van der Waals surface area contributed by atoms with Gasteiger partial charge in [0.1, 0.15) is 0 Å². The van der Waals surface area contributed by atoms with E-state index in [1.165, 1.54) is 18.9 Å². The predicted molar refractivity (Wildman–Crippen MR) is 69.1 cm³/mol. The van der Waals surface area contributed by atoms with Gasteiger partial charge in [-0.25, -0.2) is 0 Å². The van der Waals surface area contributed by atoms with Crippen LogP contribution in [-0.4, -0.2) is 34.7 Å². The van der Waals surface area contributed by atoms with Gasteiger partial charge in [0, 0.05) is 10.5 Å². The Morgan fingerprint density at radius 3 is 2.00 bits per heavy atom. The van der Waals surface area contributed by atoms with Crippen LogP contribution in [0.4, 0.5) is 0 Å². The van der Waals surface area contributed by atoms with Crippen molar-refractivity contribution in [1.82, 2.24) is 0 Å². The minimum absolute atomic E-state index is 0.0936. The smallest absolute Gasteiger partial charge is 0.324 e. The fourth-order valence-corrected chi connectivity index (χ4v) is 2.61. The highest BCUT2D eigenvalue weighted by Gasteiger charge is 2.50. The van der Waals surface area contributed by atoms with Crippen molar-refractivity contribution in [1.29, 1.82) is 0 Å². The first kappa shape index (κ1) is 16.3. The third-order valence-corrected chi connectivity index (χ3v) is 4.12. The predicted octanol–water partition coefficient (Wildman–Crippen LogP) is 2.42. The molecule has 0 aromatic carbocycles. The van der Waals surface area contributed by atoms with E-state index in [2.05, 4.69) is 4.74 Å². The molecule has 0 aliphatic rings. The van der Waals surface area contributed by atoms with E-state index in [0.717, 1.165) is 0 Å². The first-order chi connectivity index (χ1) is 7.58. The van der Waals surface area contributed by atoms with Crippen molar-refractivity contribution in [2.75, 3.05) is 12.9 Å². The van der Waals surface area contributed by atoms with Gasteiger partial charge in [-0.2, -0.15) is 11.8 Å². The molecule has 0 rings (SSSR count). The fourth-order valence-electron chi connectivity index (χ4n) is 1.37. The molecule has 0 aromatic heterocycles. The van der Waals surface area contributed by atoms with Gasteiger partial charge in [-0.05, 0) is 5.92 Å². The lowest BCUT2D eigenvalue weighted by Crippen LogP contribution is -2.47. The zero-order valence-corrected chi connectivity index (χ0v) is 12.2. The minimum Gasteiger partial charge on any atom is -0.480 e. The summed E-state index contributed by atoms with van der Waals surface area (Å²) in [7, 11) is 1.23. The molecule has 17 heavy (non-hydrogen) atoms. The van der Waals surface area contributed by atoms with Crippen LogP contribution in [-0.2, 0) is 14.3 Å². The lowest BCUT2D eigenvalue weighted by Gasteiger charge is -2.32. The molecule has 0 saturated heterocycles. The fraction of sp³-hybridized carbons (Fsp3) is 0.833. The van der Waals surface area contributed by atoms with Crippen LogP contribution in [0.25, 0.3) is 0 Å². The monoisotopic (exact) mass is 262 g/mol. The lowest BCUT2D eigenvalue weighted by atomic mass is 9.79. The number of thioether (sulfide) groups is 1. The Hall–Kier alpha value is -0.710. The van der Waals surface area contributed by atoms with Crippen LogP contribution >= 0.6 is 11.8 Å². The van der Waals surface area contributed by atoms with Crippen LogP contribution in [0.15, 0.2) is 0 Å². The summed E-state index contributed by atoms with van der Waals surface area (Å²) in [5.74, 6) is -1.88. The number of carboxylic acids is 1. The summed E-state index contributed by atoms with van der Waals surface area (Å²) in [6, 6.07) is 0. The number of carbonyl (C=O) groups excluding carboxylic acids is 1. The van der Waals surface area contributed by atoms with Gasteiger partial charge >= 0.3 is 11.9 Å². The van der Waals surface area contributed by atoms with E-state index in [1.807, 2.05) is 20.8 Å². The lowest BCUT2D eigenvalue weighted by molar-refractivity contribution is -0.168. The number of carbonyl (C=O) groups is 2. The first-order valence-electron chi connectivity index (χ1n) is 5.53. The van der Waals surface area contributed by atoms with E-state index >= 15 is 0 Å². The number of rotatable bonds is 5. The van der Waals surface area contributed by atoms with Crippen LogP contribution < -0.4 is 0 Å². The molecule has 0 amide bonds. The molecule has 1 unspecified atom stereocenters. The number of aliphatic carboxylic acids is 1.